The van der Waals surface area contributed by atoms with Crippen LogP contribution in [0.5, 0.6) is 0 Å². The molecule has 0 aliphatic heterocycles. The van der Waals surface area contributed by atoms with Crippen molar-refractivity contribution < 1.29 is 28.6 Å². The molecule has 0 spiro atoms. The molecule has 1 aromatic carbocycles. The summed E-state index contributed by atoms with van der Waals surface area (Å²) in [6.07, 6.45) is -1.73. The highest BCUT2D eigenvalue weighted by Gasteiger charge is 2.13. The van der Waals surface area contributed by atoms with Crippen LogP contribution in [0.3, 0.4) is 0 Å². The van der Waals surface area contributed by atoms with Crippen LogP contribution in [0.4, 0.5) is 19.3 Å². The molecule has 0 bridgehead atoms. The number of aliphatic hydroxyl groups excluding tert-OH is 1. The molecule has 0 aromatic heterocycles. The predicted octanol–water partition coefficient (Wildman–Crippen LogP) is 0.922. The van der Waals surface area contributed by atoms with Gasteiger partial charge in [-0.3, -0.25) is 0 Å². The van der Waals surface area contributed by atoms with Crippen molar-refractivity contribution in [1.82, 2.24) is 5.32 Å². The van der Waals surface area contributed by atoms with E-state index >= 15 is 0 Å². The van der Waals surface area contributed by atoms with Crippen molar-refractivity contribution in [2.24, 2.45) is 0 Å². The Hall–Kier alpha value is -2.22. The molecule has 8 heteroatoms. The number of aliphatic carboxylic acids is 1. The third kappa shape index (κ3) is 4.88. The Balaban J connectivity index is 2.39. The van der Waals surface area contributed by atoms with Crippen molar-refractivity contribution in [3.05, 3.63) is 29.8 Å². The summed E-state index contributed by atoms with van der Waals surface area (Å²) in [5.41, 5.74) is 0.0511. The highest BCUT2D eigenvalue weighted by Crippen LogP contribution is 2.12. The van der Waals surface area contributed by atoms with E-state index in [0.29, 0.717) is 0 Å². The lowest BCUT2D eigenvalue weighted by Crippen LogP contribution is -2.33. The number of carboxylic acids is 1. The molecule has 6 nitrogen and oxygen atoms in total. The number of nitrogens with one attached hydrogen (secondary N) is 2. The summed E-state index contributed by atoms with van der Waals surface area (Å²) in [6, 6.07) is 2.12. The second-order valence-electron chi connectivity index (χ2n) is 3.65. The lowest BCUT2D eigenvalue weighted by molar-refractivity contribution is -0.146. The minimum absolute atomic E-state index is 0.0511. The lowest BCUT2D eigenvalue weighted by atomic mass is 10.2. The van der Waals surface area contributed by atoms with Crippen LogP contribution in [0.1, 0.15) is 6.42 Å². The van der Waals surface area contributed by atoms with E-state index in [2.05, 4.69) is 10.6 Å². The van der Waals surface area contributed by atoms with Gasteiger partial charge in [0.2, 0.25) is 0 Å². The van der Waals surface area contributed by atoms with Gasteiger partial charge in [-0.25, -0.2) is 18.4 Å². The topological polar surface area (TPSA) is 98.7 Å². The van der Waals surface area contributed by atoms with E-state index in [4.69, 9.17) is 10.2 Å². The number of carboxylic acid groups (broad SMARTS) is 1. The van der Waals surface area contributed by atoms with Gasteiger partial charge < -0.3 is 20.8 Å². The fourth-order valence-corrected chi connectivity index (χ4v) is 1.20. The molecule has 0 radical (unpaired) electrons. The first-order valence-corrected chi connectivity index (χ1v) is 5.31. The van der Waals surface area contributed by atoms with E-state index in [9.17, 15) is 18.4 Å². The minimum atomic E-state index is -1.57. The molecular formula is C11H12F2N2O4. The van der Waals surface area contributed by atoms with Gasteiger partial charge in [-0.2, -0.15) is 0 Å². The number of hydrogen-bond donors (Lipinski definition) is 4. The van der Waals surface area contributed by atoms with Gasteiger partial charge in [0, 0.05) is 24.7 Å². The van der Waals surface area contributed by atoms with Crippen LogP contribution in [0, 0.1) is 11.6 Å². The number of amides is 2. The maximum absolute atomic E-state index is 12.8. The second-order valence-corrected chi connectivity index (χ2v) is 3.65. The minimum Gasteiger partial charge on any atom is -0.479 e. The molecule has 0 aliphatic carbocycles. The highest BCUT2D eigenvalue weighted by atomic mass is 19.2. The largest absolute Gasteiger partial charge is 0.479 e. The number of carbonyl (C=O) groups is 2. The van der Waals surface area contributed by atoms with Crippen molar-refractivity contribution >= 4 is 17.7 Å². The van der Waals surface area contributed by atoms with E-state index in [1.807, 2.05) is 0 Å². The number of rotatable bonds is 5. The maximum Gasteiger partial charge on any atom is 0.332 e. The summed E-state index contributed by atoms with van der Waals surface area (Å²) in [5, 5.41) is 21.8. The molecule has 1 aromatic rings. The van der Waals surface area contributed by atoms with E-state index < -0.39 is 29.7 Å². The van der Waals surface area contributed by atoms with E-state index in [-0.39, 0.29) is 18.7 Å². The van der Waals surface area contributed by atoms with Crippen molar-refractivity contribution in [3.63, 3.8) is 0 Å². The number of carbonyl (C=O) groups excluding carboxylic acids is 1. The fourth-order valence-electron chi connectivity index (χ4n) is 1.20. The van der Waals surface area contributed by atoms with Gasteiger partial charge in [-0.15, -0.1) is 0 Å². The highest BCUT2D eigenvalue weighted by molar-refractivity contribution is 5.89. The molecule has 2 amide bonds. The standard InChI is InChI=1S/C11H12F2N2O4/c12-7-2-1-6(5-8(7)13)15-11(19)14-4-3-9(16)10(17)18/h1-2,5,9,16H,3-4H2,(H,17,18)(H2,14,15,19)/t9-/m0/s1. The van der Waals surface area contributed by atoms with Gasteiger partial charge in [-0.05, 0) is 12.1 Å². The molecule has 0 saturated heterocycles. The van der Waals surface area contributed by atoms with E-state index in [1.165, 1.54) is 6.07 Å². The Morgan fingerprint density at radius 2 is 1.95 bits per heavy atom. The normalized spacial score (nSPS) is 11.7. The van der Waals surface area contributed by atoms with Crippen LogP contribution in [-0.4, -0.2) is 34.9 Å². The smallest absolute Gasteiger partial charge is 0.332 e. The zero-order chi connectivity index (χ0) is 14.4. The van der Waals surface area contributed by atoms with Crippen molar-refractivity contribution in [3.8, 4) is 0 Å². The summed E-state index contributed by atoms with van der Waals surface area (Å²) in [7, 11) is 0. The third-order valence-corrected chi connectivity index (χ3v) is 2.17. The maximum atomic E-state index is 12.8. The first kappa shape index (κ1) is 14.8. The predicted molar refractivity (Wildman–Crippen MR) is 61.6 cm³/mol. The molecule has 1 rings (SSSR count). The SMILES string of the molecule is O=C(NCC[C@H](O)C(=O)O)Nc1ccc(F)c(F)c1. The Labute approximate surface area is 107 Å². The van der Waals surface area contributed by atoms with Gasteiger partial charge in [0.1, 0.15) is 0 Å². The monoisotopic (exact) mass is 274 g/mol. The van der Waals surface area contributed by atoms with Crippen LogP contribution in [-0.2, 0) is 4.79 Å². The number of hydrogen-bond acceptors (Lipinski definition) is 3. The lowest BCUT2D eigenvalue weighted by Gasteiger charge is -2.09. The van der Waals surface area contributed by atoms with Crippen molar-refractivity contribution in [2.45, 2.75) is 12.5 Å². The second kappa shape index (κ2) is 6.64. The first-order chi connectivity index (χ1) is 8.90. The van der Waals surface area contributed by atoms with E-state index in [0.717, 1.165) is 12.1 Å². The van der Waals surface area contributed by atoms with E-state index in [1.54, 1.807) is 0 Å². The molecule has 1 atom stereocenters. The average molecular weight is 274 g/mol. The number of aliphatic hydroxyl groups is 1. The number of anilines is 1. The van der Waals surface area contributed by atoms with Crippen LogP contribution in [0.2, 0.25) is 0 Å². The molecule has 0 unspecified atom stereocenters. The summed E-state index contributed by atoms with van der Waals surface area (Å²) < 4.78 is 25.4. The van der Waals surface area contributed by atoms with Gasteiger partial charge in [-0.1, -0.05) is 0 Å². The van der Waals surface area contributed by atoms with Crippen LogP contribution >= 0.6 is 0 Å². The van der Waals surface area contributed by atoms with Gasteiger partial charge in [0.15, 0.2) is 17.7 Å². The Bertz CT molecular complexity index is 482. The summed E-state index contributed by atoms with van der Waals surface area (Å²) in [5.74, 6) is -3.52. The summed E-state index contributed by atoms with van der Waals surface area (Å²) >= 11 is 0. The molecule has 19 heavy (non-hydrogen) atoms. The molecule has 104 valence electrons. The summed E-state index contributed by atoms with van der Waals surface area (Å²) in [4.78, 5) is 21.6. The Morgan fingerprint density at radius 3 is 2.53 bits per heavy atom. The Kier molecular flexibility index (Phi) is 5.19. The third-order valence-electron chi connectivity index (χ3n) is 2.17. The zero-order valence-corrected chi connectivity index (χ0v) is 9.69. The van der Waals surface area contributed by atoms with Crippen molar-refractivity contribution in [1.29, 1.82) is 0 Å². The van der Waals surface area contributed by atoms with Crippen molar-refractivity contribution in [2.75, 3.05) is 11.9 Å². The van der Waals surface area contributed by atoms with Gasteiger partial charge in [0.25, 0.3) is 0 Å². The summed E-state index contributed by atoms with van der Waals surface area (Å²) in [6.45, 7) is -0.0804. The van der Waals surface area contributed by atoms with Crippen LogP contribution in [0.25, 0.3) is 0 Å². The number of urea groups is 1. The molecule has 0 fully saturated rings. The van der Waals surface area contributed by atoms with Crippen LogP contribution < -0.4 is 10.6 Å². The number of benzene rings is 1. The number of halogens is 2. The van der Waals surface area contributed by atoms with Gasteiger partial charge >= 0.3 is 12.0 Å². The van der Waals surface area contributed by atoms with Crippen LogP contribution in [0.15, 0.2) is 18.2 Å². The zero-order valence-electron chi connectivity index (χ0n) is 9.69. The molecular weight excluding hydrogens is 262 g/mol. The Morgan fingerprint density at radius 1 is 1.26 bits per heavy atom. The molecule has 0 saturated carbocycles. The average Bonchev–Trinajstić information content (AvgIpc) is 2.33. The molecule has 0 heterocycles. The fraction of sp³-hybridized carbons (Fsp3) is 0.273. The molecule has 4 N–H and O–H groups in total. The first-order valence-electron chi connectivity index (χ1n) is 5.31. The quantitative estimate of drug-likeness (QED) is 0.641. The van der Waals surface area contributed by atoms with Gasteiger partial charge in [0.05, 0.1) is 0 Å². The molecule has 0 aliphatic rings.